The van der Waals surface area contributed by atoms with Crippen LogP contribution in [0.5, 0.6) is 5.75 Å². The van der Waals surface area contributed by atoms with Crippen molar-refractivity contribution >= 4 is 10.8 Å². The van der Waals surface area contributed by atoms with Crippen molar-refractivity contribution in [1.82, 2.24) is 0 Å². The summed E-state index contributed by atoms with van der Waals surface area (Å²) in [4.78, 5) is 0. The van der Waals surface area contributed by atoms with Gasteiger partial charge in [-0.25, -0.2) is 0 Å². The Kier molecular flexibility index (Phi) is 7.52. The Balaban J connectivity index is 1.30. The summed E-state index contributed by atoms with van der Waals surface area (Å²) in [5, 5.41) is 2.65. The second-order valence-corrected chi connectivity index (χ2v) is 9.70. The van der Waals surface area contributed by atoms with Crippen LogP contribution in [0, 0.1) is 17.8 Å². The molecule has 4 rings (SSSR count). The quantitative estimate of drug-likeness (QED) is 0.419. The van der Waals surface area contributed by atoms with Gasteiger partial charge in [-0.05, 0) is 117 Å². The van der Waals surface area contributed by atoms with Crippen molar-refractivity contribution in [3.05, 3.63) is 54.1 Å². The van der Waals surface area contributed by atoms with Crippen LogP contribution in [0.15, 0.2) is 48.6 Å². The van der Waals surface area contributed by atoms with Gasteiger partial charge in [0.2, 0.25) is 0 Å². The molecule has 2 aromatic carbocycles. The lowest BCUT2D eigenvalue weighted by Gasteiger charge is -2.37. The number of hydrogen-bond donors (Lipinski definition) is 0. The van der Waals surface area contributed by atoms with Crippen molar-refractivity contribution in [3.8, 4) is 5.75 Å². The molecule has 2 fully saturated rings. The maximum absolute atomic E-state index is 5.66. The van der Waals surface area contributed by atoms with Crippen molar-refractivity contribution in [3.63, 3.8) is 0 Å². The fourth-order valence-corrected chi connectivity index (χ4v) is 5.94. The van der Waals surface area contributed by atoms with Crippen LogP contribution in [0.3, 0.4) is 0 Å². The standard InChI is InChI=1S/C29H40O/c1-3-5-6-7-22-8-10-23(11-9-22)24-12-14-25(15-13-24)26-16-17-28-21-29(30-4-2)19-18-27(28)20-26/h6-7,16-25H,3-5,8-15H2,1-2H3/b7-6+. The number of unbranched alkanes of at least 4 members (excludes halogenated alkanes) is 1. The highest BCUT2D eigenvalue weighted by Gasteiger charge is 2.30. The zero-order valence-electron chi connectivity index (χ0n) is 19.1. The van der Waals surface area contributed by atoms with Crippen molar-refractivity contribution in [2.24, 2.45) is 17.8 Å². The normalized spacial score (nSPS) is 27.5. The number of benzene rings is 2. The molecule has 1 heteroatoms. The Labute approximate surface area is 183 Å². The first-order valence-corrected chi connectivity index (χ1v) is 12.6. The Morgan fingerprint density at radius 2 is 1.47 bits per heavy atom. The lowest BCUT2D eigenvalue weighted by Crippen LogP contribution is -2.25. The Bertz CT molecular complexity index is 819. The van der Waals surface area contributed by atoms with Crippen LogP contribution in [-0.4, -0.2) is 6.61 Å². The summed E-state index contributed by atoms with van der Waals surface area (Å²) in [6.45, 7) is 5.04. The third-order valence-electron chi connectivity index (χ3n) is 7.74. The highest BCUT2D eigenvalue weighted by atomic mass is 16.5. The predicted octanol–water partition coefficient (Wildman–Crippen LogP) is 8.68. The van der Waals surface area contributed by atoms with Crippen LogP contribution in [0.2, 0.25) is 0 Å². The summed E-state index contributed by atoms with van der Waals surface area (Å²) in [5.41, 5.74) is 1.55. The van der Waals surface area contributed by atoms with Gasteiger partial charge in [0.1, 0.15) is 5.75 Å². The first-order valence-electron chi connectivity index (χ1n) is 12.6. The van der Waals surface area contributed by atoms with Crippen molar-refractivity contribution in [2.45, 2.75) is 84.0 Å². The Morgan fingerprint density at radius 3 is 2.17 bits per heavy atom. The number of hydrogen-bond acceptors (Lipinski definition) is 1. The van der Waals surface area contributed by atoms with Gasteiger partial charge < -0.3 is 4.74 Å². The second-order valence-electron chi connectivity index (χ2n) is 9.70. The molecular weight excluding hydrogens is 364 g/mol. The van der Waals surface area contributed by atoms with Crippen LogP contribution in [0.1, 0.15) is 89.5 Å². The van der Waals surface area contributed by atoms with E-state index in [-0.39, 0.29) is 0 Å². The lowest BCUT2D eigenvalue weighted by atomic mass is 9.68. The molecule has 1 nitrogen and oxygen atoms in total. The molecule has 0 atom stereocenters. The first kappa shape index (κ1) is 21.5. The van der Waals surface area contributed by atoms with E-state index in [1.54, 1.807) is 5.56 Å². The summed E-state index contributed by atoms with van der Waals surface area (Å²) in [6.07, 6.45) is 18.9. The molecule has 2 aromatic rings. The smallest absolute Gasteiger partial charge is 0.119 e. The van der Waals surface area contributed by atoms with Gasteiger partial charge in [0.05, 0.1) is 6.61 Å². The van der Waals surface area contributed by atoms with Crippen LogP contribution in [-0.2, 0) is 0 Å². The molecule has 0 heterocycles. The first-order chi connectivity index (χ1) is 14.8. The van der Waals surface area contributed by atoms with Gasteiger partial charge in [-0.2, -0.15) is 0 Å². The summed E-state index contributed by atoms with van der Waals surface area (Å²) >= 11 is 0. The third-order valence-corrected chi connectivity index (χ3v) is 7.74. The van der Waals surface area contributed by atoms with Crippen LogP contribution in [0.25, 0.3) is 10.8 Å². The molecule has 0 spiro atoms. The minimum absolute atomic E-state index is 0.726. The topological polar surface area (TPSA) is 9.23 Å². The van der Waals surface area contributed by atoms with Gasteiger partial charge in [-0.3, -0.25) is 0 Å². The summed E-state index contributed by atoms with van der Waals surface area (Å²) in [7, 11) is 0. The van der Waals surface area contributed by atoms with E-state index in [1.165, 1.54) is 75.0 Å². The molecule has 30 heavy (non-hydrogen) atoms. The largest absolute Gasteiger partial charge is 0.494 e. The molecule has 2 aliphatic rings. The molecule has 0 saturated heterocycles. The van der Waals surface area contributed by atoms with Gasteiger partial charge in [0.25, 0.3) is 0 Å². The maximum atomic E-state index is 5.66. The number of fused-ring (bicyclic) bond motifs is 1. The predicted molar refractivity (Wildman–Crippen MR) is 129 cm³/mol. The van der Waals surface area contributed by atoms with Crippen LogP contribution >= 0.6 is 0 Å². The number of rotatable bonds is 7. The fourth-order valence-electron chi connectivity index (χ4n) is 5.94. The van der Waals surface area contributed by atoms with Gasteiger partial charge >= 0.3 is 0 Å². The Hall–Kier alpha value is -1.76. The zero-order valence-corrected chi connectivity index (χ0v) is 19.1. The van der Waals surface area contributed by atoms with Crippen LogP contribution in [0.4, 0.5) is 0 Å². The minimum Gasteiger partial charge on any atom is -0.494 e. The third kappa shape index (κ3) is 5.29. The van der Waals surface area contributed by atoms with E-state index < -0.39 is 0 Å². The van der Waals surface area contributed by atoms with Crippen LogP contribution < -0.4 is 4.74 Å². The molecular formula is C29H40O. The van der Waals surface area contributed by atoms with E-state index in [4.69, 9.17) is 4.74 Å². The minimum atomic E-state index is 0.726. The zero-order chi connectivity index (χ0) is 20.8. The van der Waals surface area contributed by atoms with E-state index in [0.717, 1.165) is 36.0 Å². The van der Waals surface area contributed by atoms with Crippen molar-refractivity contribution < 1.29 is 4.74 Å². The monoisotopic (exact) mass is 404 g/mol. The molecule has 0 aliphatic heterocycles. The number of allylic oxidation sites excluding steroid dienone is 2. The summed E-state index contributed by atoms with van der Waals surface area (Å²) < 4.78 is 5.66. The molecule has 0 N–H and O–H groups in total. The van der Waals surface area contributed by atoms with Gasteiger partial charge in [0.15, 0.2) is 0 Å². The average molecular weight is 405 g/mol. The SMILES string of the molecule is CCC/C=C/C1CCC(C2CCC(c3ccc4cc(OCC)ccc4c3)CC2)CC1. The molecule has 0 bridgehead atoms. The molecule has 162 valence electrons. The van der Waals surface area contributed by atoms with Gasteiger partial charge in [0, 0.05) is 0 Å². The second kappa shape index (κ2) is 10.5. The maximum Gasteiger partial charge on any atom is 0.119 e. The fraction of sp³-hybridized carbons (Fsp3) is 0.586. The summed E-state index contributed by atoms with van der Waals surface area (Å²) in [6, 6.07) is 13.6. The highest BCUT2D eigenvalue weighted by molar-refractivity contribution is 5.84. The molecule has 0 amide bonds. The highest BCUT2D eigenvalue weighted by Crippen LogP contribution is 2.44. The average Bonchev–Trinajstić information content (AvgIpc) is 2.80. The molecule has 0 aromatic heterocycles. The van der Waals surface area contributed by atoms with E-state index in [9.17, 15) is 0 Å². The van der Waals surface area contributed by atoms with Crippen molar-refractivity contribution in [1.29, 1.82) is 0 Å². The summed E-state index contributed by atoms with van der Waals surface area (Å²) in [5.74, 6) is 4.58. The van der Waals surface area contributed by atoms with Gasteiger partial charge in [-0.1, -0.05) is 49.8 Å². The number of ether oxygens (including phenoxy) is 1. The lowest BCUT2D eigenvalue weighted by molar-refractivity contribution is 0.171. The van der Waals surface area contributed by atoms with Crippen molar-refractivity contribution in [2.75, 3.05) is 6.61 Å². The van der Waals surface area contributed by atoms with E-state index >= 15 is 0 Å². The van der Waals surface area contributed by atoms with Gasteiger partial charge in [-0.15, -0.1) is 0 Å². The van der Waals surface area contributed by atoms with E-state index in [2.05, 4.69) is 55.5 Å². The molecule has 2 aliphatic carbocycles. The Morgan fingerprint density at radius 1 is 0.800 bits per heavy atom. The molecule has 0 unspecified atom stereocenters. The molecule has 0 radical (unpaired) electrons. The molecule has 2 saturated carbocycles. The van der Waals surface area contributed by atoms with E-state index in [1.807, 2.05) is 6.92 Å². The van der Waals surface area contributed by atoms with E-state index in [0.29, 0.717) is 0 Å².